The standard InChI is InChI=1S/C17H18N4O2S/c1-3-21-15-7-5-4-6-14(15)19-17(21)24-11-16(22)20-18-10-13-9-8-12(2)23-13/h4-10H,3,11H2,1-2H3,(H,20,22). The van der Waals surface area contributed by atoms with Gasteiger partial charge in [0.1, 0.15) is 11.5 Å². The molecule has 0 radical (unpaired) electrons. The van der Waals surface area contributed by atoms with E-state index in [2.05, 4.69) is 27.0 Å². The van der Waals surface area contributed by atoms with Crippen molar-refractivity contribution in [1.82, 2.24) is 15.0 Å². The van der Waals surface area contributed by atoms with E-state index in [1.807, 2.05) is 37.3 Å². The summed E-state index contributed by atoms with van der Waals surface area (Å²) in [4.78, 5) is 16.5. The fraction of sp³-hybridized carbons (Fsp3) is 0.235. The normalized spacial score (nSPS) is 11.4. The minimum absolute atomic E-state index is 0.186. The smallest absolute Gasteiger partial charge is 0.250 e. The molecule has 3 aromatic rings. The zero-order valence-electron chi connectivity index (χ0n) is 13.5. The van der Waals surface area contributed by atoms with Crippen LogP contribution in [0.1, 0.15) is 18.4 Å². The van der Waals surface area contributed by atoms with Gasteiger partial charge in [0.05, 0.1) is 23.0 Å². The molecule has 0 aliphatic carbocycles. The summed E-state index contributed by atoms with van der Waals surface area (Å²) in [7, 11) is 0. The SMILES string of the molecule is CCn1c(SCC(=O)NN=Cc2ccc(C)o2)nc2ccccc21. The molecule has 6 nitrogen and oxygen atoms in total. The highest BCUT2D eigenvalue weighted by Crippen LogP contribution is 2.23. The Morgan fingerprint density at radius 2 is 2.21 bits per heavy atom. The van der Waals surface area contributed by atoms with Crippen LogP contribution < -0.4 is 5.43 Å². The number of rotatable bonds is 6. The number of amides is 1. The van der Waals surface area contributed by atoms with Gasteiger partial charge in [0.15, 0.2) is 5.16 Å². The van der Waals surface area contributed by atoms with E-state index in [-0.39, 0.29) is 11.7 Å². The first-order chi connectivity index (χ1) is 11.7. The molecule has 0 atom stereocenters. The Morgan fingerprint density at radius 3 is 2.96 bits per heavy atom. The summed E-state index contributed by atoms with van der Waals surface area (Å²) in [5.41, 5.74) is 4.51. The average molecular weight is 342 g/mol. The zero-order valence-corrected chi connectivity index (χ0v) is 14.3. The van der Waals surface area contributed by atoms with Gasteiger partial charge in [-0.3, -0.25) is 4.79 Å². The molecule has 1 N–H and O–H groups in total. The molecule has 0 spiro atoms. The van der Waals surface area contributed by atoms with Crippen molar-refractivity contribution in [3.05, 3.63) is 47.9 Å². The lowest BCUT2D eigenvalue weighted by Gasteiger charge is -2.04. The predicted octanol–water partition coefficient (Wildman–Crippen LogP) is 3.20. The lowest BCUT2D eigenvalue weighted by atomic mass is 10.3. The number of hydrogen-bond donors (Lipinski definition) is 1. The molecule has 2 aromatic heterocycles. The molecule has 124 valence electrons. The van der Waals surface area contributed by atoms with Gasteiger partial charge in [0, 0.05) is 6.54 Å². The summed E-state index contributed by atoms with van der Waals surface area (Å²) in [5.74, 6) is 1.47. The Labute approximate surface area is 143 Å². The second kappa shape index (κ2) is 7.35. The molecule has 2 heterocycles. The number of carbonyl (C=O) groups excluding carboxylic acids is 1. The number of fused-ring (bicyclic) bond motifs is 1. The van der Waals surface area contributed by atoms with Gasteiger partial charge in [-0.25, -0.2) is 10.4 Å². The van der Waals surface area contributed by atoms with E-state index in [9.17, 15) is 4.79 Å². The monoisotopic (exact) mass is 342 g/mol. The number of aromatic nitrogens is 2. The highest BCUT2D eigenvalue weighted by Gasteiger charge is 2.11. The first-order valence-corrected chi connectivity index (χ1v) is 8.62. The molecule has 3 rings (SSSR count). The van der Waals surface area contributed by atoms with Crippen LogP contribution in [0.3, 0.4) is 0 Å². The third kappa shape index (κ3) is 3.68. The molecule has 0 saturated heterocycles. The quantitative estimate of drug-likeness (QED) is 0.424. The van der Waals surface area contributed by atoms with Crippen molar-refractivity contribution in [2.45, 2.75) is 25.5 Å². The number of benzene rings is 1. The van der Waals surface area contributed by atoms with E-state index in [1.165, 1.54) is 18.0 Å². The molecule has 0 aliphatic rings. The maximum atomic E-state index is 11.9. The van der Waals surface area contributed by atoms with Crippen LogP contribution in [-0.4, -0.2) is 27.4 Å². The lowest BCUT2D eigenvalue weighted by Crippen LogP contribution is -2.19. The number of aryl methyl sites for hydroxylation is 2. The van der Waals surface area contributed by atoms with Crippen LogP contribution >= 0.6 is 11.8 Å². The van der Waals surface area contributed by atoms with Gasteiger partial charge in [-0.1, -0.05) is 23.9 Å². The Morgan fingerprint density at radius 1 is 1.38 bits per heavy atom. The second-order valence-corrected chi connectivity index (χ2v) is 6.10. The zero-order chi connectivity index (χ0) is 16.9. The van der Waals surface area contributed by atoms with Crippen molar-refractivity contribution in [3.8, 4) is 0 Å². The Bertz CT molecular complexity index is 882. The van der Waals surface area contributed by atoms with E-state index < -0.39 is 0 Å². The van der Waals surface area contributed by atoms with Gasteiger partial charge >= 0.3 is 0 Å². The molecular formula is C17H18N4O2S. The van der Waals surface area contributed by atoms with Crippen LogP contribution in [0.25, 0.3) is 11.0 Å². The first-order valence-electron chi connectivity index (χ1n) is 7.64. The molecule has 0 saturated carbocycles. The van der Waals surface area contributed by atoms with Crippen molar-refractivity contribution in [3.63, 3.8) is 0 Å². The molecule has 0 aliphatic heterocycles. The Hall–Kier alpha value is -2.54. The number of hydrogen-bond acceptors (Lipinski definition) is 5. The fourth-order valence-electron chi connectivity index (χ4n) is 2.32. The number of thioether (sulfide) groups is 1. The summed E-state index contributed by atoms with van der Waals surface area (Å²) >= 11 is 1.40. The largest absolute Gasteiger partial charge is 0.460 e. The van der Waals surface area contributed by atoms with E-state index >= 15 is 0 Å². The molecule has 7 heteroatoms. The summed E-state index contributed by atoms with van der Waals surface area (Å²) < 4.78 is 7.44. The van der Waals surface area contributed by atoms with E-state index in [4.69, 9.17) is 4.42 Å². The Kier molecular flexibility index (Phi) is 5.00. The van der Waals surface area contributed by atoms with Gasteiger partial charge in [0.2, 0.25) is 0 Å². The third-order valence-electron chi connectivity index (χ3n) is 3.41. The predicted molar refractivity (Wildman–Crippen MR) is 95.3 cm³/mol. The van der Waals surface area contributed by atoms with Crippen LogP contribution in [0, 0.1) is 6.92 Å². The van der Waals surface area contributed by atoms with Crippen LogP contribution in [0.5, 0.6) is 0 Å². The van der Waals surface area contributed by atoms with E-state index in [0.29, 0.717) is 5.76 Å². The molecular weight excluding hydrogens is 324 g/mol. The molecule has 0 unspecified atom stereocenters. The number of carbonyl (C=O) groups is 1. The topological polar surface area (TPSA) is 72.4 Å². The van der Waals surface area contributed by atoms with Gasteiger partial charge in [-0.05, 0) is 38.1 Å². The molecule has 0 fully saturated rings. The van der Waals surface area contributed by atoms with Crippen molar-refractivity contribution >= 4 is 34.9 Å². The van der Waals surface area contributed by atoms with Crippen LogP contribution in [0.2, 0.25) is 0 Å². The van der Waals surface area contributed by atoms with Crippen LogP contribution in [0.4, 0.5) is 0 Å². The van der Waals surface area contributed by atoms with Gasteiger partial charge < -0.3 is 8.98 Å². The average Bonchev–Trinajstić information content (AvgIpc) is 3.15. The highest BCUT2D eigenvalue weighted by atomic mass is 32.2. The number of nitrogens with zero attached hydrogens (tertiary/aromatic N) is 3. The minimum atomic E-state index is -0.186. The number of nitrogens with one attached hydrogen (secondary N) is 1. The summed E-state index contributed by atoms with van der Waals surface area (Å²) in [6.45, 7) is 4.72. The number of para-hydroxylation sites is 2. The van der Waals surface area contributed by atoms with E-state index in [0.717, 1.165) is 28.5 Å². The third-order valence-corrected chi connectivity index (χ3v) is 4.39. The number of hydrazone groups is 1. The first kappa shape index (κ1) is 16.3. The summed E-state index contributed by atoms with van der Waals surface area (Å²) in [5, 5.41) is 4.73. The second-order valence-electron chi connectivity index (χ2n) is 5.16. The van der Waals surface area contributed by atoms with Crippen molar-refractivity contribution < 1.29 is 9.21 Å². The molecule has 1 amide bonds. The van der Waals surface area contributed by atoms with Crippen molar-refractivity contribution in [2.24, 2.45) is 5.10 Å². The molecule has 24 heavy (non-hydrogen) atoms. The minimum Gasteiger partial charge on any atom is -0.460 e. The molecule has 1 aromatic carbocycles. The fourth-order valence-corrected chi connectivity index (χ4v) is 3.19. The summed E-state index contributed by atoms with van der Waals surface area (Å²) in [6.07, 6.45) is 1.48. The maximum absolute atomic E-state index is 11.9. The van der Waals surface area contributed by atoms with Crippen LogP contribution in [-0.2, 0) is 11.3 Å². The van der Waals surface area contributed by atoms with Crippen LogP contribution in [0.15, 0.2) is 51.1 Å². The summed E-state index contributed by atoms with van der Waals surface area (Å²) in [6, 6.07) is 11.6. The molecule has 0 bridgehead atoms. The van der Waals surface area contributed by atoms with Crippen molar-refractivity contribution in [2.75, 3.05) is 5.75 Å². The van der Waals surface area contributed by atoms with Gasteiger partial charge in [0.25, 0.3) is 5.91 Å². The number of imidazole rings is 1. The lowest BCUT2D eigenvalue weighted by molar-refractivity contribution is -0.118. The Balaban J connectivity index is 1.59. The van der Waals surface area contributed by atoms with Gasteiger partial charge in [-0.2, -0.15) is 5.10 Å². The van der Waals surface area contributed by atoms with Gasteiger partial charge in [-0.15, -0.1) is 0 Å². The van der Waals surface area contributed by atoms with Crippen molar-refractivity contribution in [1.29, 1.82) is 0 Å². The number of furan rings is 1. The van der Waals surface area contributed by atoms with E-state index in [1.54, 1.807) is 6.07 Å². The maximum Gasteiger partial charge on any atom is 0.250 e. The highest BCUT2D eigenvalue weighted by molar-refractivity contribution is 7.99.